The molecule has 0 fully saturated rings. The minimum absolute atomic E-state index is 0.407. The summed E-state index contributed by atoms with van der Waals surface area (Å²) in [6.45, 7) is 1.77. The van der Waals surface area contributed by atoms with Crippen molar-refractivity contribution in [3.05, 3.63) is 42.1 Å². The Bertz CT molecular complexity index is 754. The van der Waals surface area contributed by atoms with Gasteiger partial charge in [0.05, 0.1) is 17.4 Å². The summed E-state index contributed by atoms with van der Waals surface area (Å²) < 4.78 is 40.2. The average molecular weight is 280 g/mol. The molecule has 7 heteroatoms. The van der Waals surface area contributed by atoms with Crippen LogP contribution in [-0.4, -0.2) is 19.7 Å². The highest BCUT2D eigenvalue weighted by Gasteiger charge is 2.37. The number of nitrogens with one attached hydrogen (secondary N) is 1. The molecule has 0 spiro atoms. The number of aromatic amines is 1. The van der Waals surface area contributed by atoms with Crippen molar-refractivity contribution in [2.24, 2.45) is 0 Å². The Morgan fingerprint density at radius 2 is 2.10 bits per heavy atom. The highest BCUT2D eigenvalue weighted by Crippen LogP contribution is 2.31. The third-order valence-corrected chi connectivity index (χ3v) is 3.07. The number of nitrogens with zero attached hydrogens (tertiary/aromatic N) is 3. The largest absolute Gasteiger partial charge is 0.450 e. The summed E-state index contributed by atoms with van der Waals surface area (Å²) in [7, 11) is 0. The molecular weight excluding hydrogens is 269 g/mol. The number of hydrogen-bond acceptors (Lipinski definition) is 2. The second-order valence-electron chi connectivity index (χ2n) is 4.42. The first kappa shape index (κ1) is 12.7. The smallest absolute Gasteiger partial charge is 0.296 e. The Hall–Kier alpha value is -2.31. The quantitative estimate of drug-likeness (QED) is 0.782. The van der Waals surface area contributed by atoms with Crippen LogP contribution in [0.2, 0.25) is 0 Å². The van der Waals surface area contributed by atoms with E-state index in [4.69, 9.17) is 0 Å². The summed E-state index contributed by atoms with van der Waals surface area (Å²) in [4.78, 5) is 3.66. The highest BCUT2D eigenvalue weighted by molar-refractivity contribution is 5.80. The van der Waals surface area contributed by atoms with Gasteiger partial charge in [-0.15, -0.1) is 0 Å². The maximum absolute atomic E-state index is 13.0. The van der Waals surface area contributed by atoms with Gasteiger partial charge >= 0.3 is 6.18 Å². The highest BCUT2D eigenvalue weighted by atomic mass is 19.4. The van der Waals surface area contributed by atoms with E-state index in [9.17, 15) is 13.2 Å². The van der Waals surface area contributed by atoms with Crippen LogP contribution < -0.4 is 0 Å². The van der Waals surface area contributed by atoms with Crippen molar-refractivity contribution in [2.45, 2.75) is 19.5 Å². The molecule has 1 aromatic carbocycles. The van der Waals surface area contributed by atoms with Crippen LogP contribution in [0.1, 0.15) is 18.4 Å². The zero-order chi connectivity index (χ0) is 14.3. The Morgan fingerprint density at radius 1 is 1.30 bits per heavy atom. The zero-order valence-electron chi connectivity index (χ0n) is 10.6. The summed E-state index contributed by atoms with van der Waals surface area (Å²) in [5.74, 6) is -0.905. The molecule has 20 heavy (non-hydrogen) atoms. The molecule has 0 saturated heterocycles. The van der Waals surface area contributed by atoms with Crippen LogP contribution in [0.25, 0.3) is 16.6 Å². The summed E-state index contributed by atoms with van der Waals surface area (Å²) >= 11 is 0. The molecule has 2 heterocycles. The SMILES string of the molecule is CCc1cn(-c2ccc3[nH]ncc3c2)c(C(F)(F)F)n1. The molecule has 3 rings (SSSR count). The number of hydrogen-bond donors (Lipinski definition) is 1. The molecule has 0 unspecified atom stereocenters. The Balaban J connectivity index is 2.19. The number of benzene rings is 1. The van der Waals surface area contributed by atoms with Crippen molar-refractivity contribution in [1.82, 2.24) is 19.7 Å². The number of H-pyrrole nitrogens is 1. The first-order valence-electron chi connectivity index (χ1n) is 6.08. The fourth-order valence-electron chi connectivity index (χ4n) is 2.08. The summed E-state index contributed by atoms with van der Waals surface area (Å²) in [5, 5.41) is 7.37. The van der Waals surface area contributed by atoms with Crippen molar-refractivity contribution < 1.29 is 13.2 Å². The average Bonchev–Trinajstić information content (AvgIpc) is 3.03. The number of aromatic nitrogens is 4. The van der Waals surface area contributed by atoms with Crippen molar-refractivity contribution in [3.8, 4) is 5.69 Å². The van der Waals surface area contributed by atoms with Gasteiger partial charge in [0.25, 0.3) is 0 Å². The molecule has 0 bridgehead atoms. The number of rotatable bonds is 2. The third kappa shape index (κ3) is 2.04. The summed E-state index contributed by atoms with van der Waals surface area (Å²) in [5.41, 5.74) is 1.60. The predicted molar refractivity (Wildman–Crippen MR) is 67.6 cm³/mol. The monoisotopic (exact) mass is 280 g/mol. The number of alkyl halides is 3. The van der Waals surface area contributed by atoms with Crippen LogP contribution in [-0.2, 0) is 12.6 Å². The van der Waals surface area contributed by atoms with E-state index in [-0.39, 0.29) is 0 Å². The summed E-state index contributed by atoms with van der Waals surface area (Å²) in [6, 6.07) is 4.95. The van der Waals surface area contributed by atoms with Crippen LogP contribution >= 0.6 is 0 Å². The van der Waals surface area contributed by atoms with Crippen molar-refractivity contribution in [1.29, 1.82) is 0 Å². The first-order chi connectivity index (χ1) is 9.49. The molecule has 0 aliphatic heterocycles. The molecule has 3 aromatic rings. The Labute approximate surface area is 112 Å². The van der Waals surface area contributed by atoms with Gasteiger partial charge < -0.3 is 0 Å². The number of halogens is 3. The van der Waals surface area contributed by atoms with E-state index in [1.165, 1.54) is 6.20 Å². The van der Waals surface area contributed by atoms with Gasteiger partial charge in [-0.25, -0.2) is 4.98 Å². The Morgan fingerprint density at radius 3 is 2.80 bits per heavy atom. The third-order valence-electron chi connectivity index (χ3n) is 3.07. The van der Waals surface area contributed by atoms with Crippen LogP contribution in [0.3, 0.4) is 0 Å². The van der Waals surface area contributed by atoms with Crippen LogP contribution in [0.4, 0.5) is 13.2 Å². The lowest BCUT2D eigenvalue weighted by atomic mass is 10.2. The van der Waals surface area contributed by atoms with Gasteiger partial charge in [-0.2, -0.15) is 18.3 Å². The maximum atomic E-state index is 13.0. The second-order valence-corrected chi connectivity index (χ2v) is 4.42. The van der Waals surface area contributed by atoms with E-state index in [1.54, 1.807) is 31.3 Å². The summed E-state index contributed by atoms with van der Waals surface area (Å²) in [6.07, 6.45) is -1.05. The van der Waals surface area contributed by atoms with Crippen LogP contribution in [0, 0.1) is 0 Å². The predicted octanol–water partition coefficient (Wildman–Crippen LogP) is 3.33. The number of aryl methyl sites for hydroxylation is 1. The zero-order valence-corrected chi connectivity index (χ0v) is 10.6. The van der Waals surface area contributed by atoms with E-state index < -0.39 is 12.0 Å². The topological polar surface area (TPSA) is 46.5 Å². The molecule has 4 nitrogen and oxygen atoms in total. The first-order valence-corrected chi connectivity index (χ1v) is 6.08. The van der Waals surface area contributed by atoms with Gasteiger partial charge in [0, 0.05) is 17.3 Å². The second kappa shape index (κ2) is 4.36. The van der Waals surface area contributed by atoms with Gasteiger partial charge in [-0.3, -0.25) is 9.67 Å². The molecule has 0 atom stereocenters. The molecule has 104 valence electrons. The van der Waals surface area contributed by atoms with Crippen LogP contribution in [0.5, 0.6) is 0 Å². The molecule has 0 aliphatic carbocycles. The minimum atomic E-state index is -4.49. The number of imidazole rings is 1. The van der Waals surface area contributed by atoms with E-state index in [2.05, 4.69) is 15.2 Å². The molecule has 0 aliphatic rings. The lowest BCUT2D eigenvalue weighted by molar-refractivity contribution is -0.146. The van der Waals surface area contributed by atoms with Crippen molar-refractivity contribution in [3.63, 3.8) is 0 Å². The van der Waals surface area contributed by atoms with Crippen molar-refractivity contribution >= 4 is 10.9 Å². The molecular formula is C13H11F3N4. The van der Waals surface area contributed by atoms with Crippen molar-refractivity contribution in [2.75, 3.05) is 0 Å². The van der Waals surface area contributed by atoms with Crippen LogP contribution in [0.15, 0.2) is 30.6 Å². The number of fused-ring (bicyclic) bond motifs is 1. The molecule has 2 aromatic heterocycles. The fourth-order valence-corrected chi connectivity index (χ4v) is 2.08. The lowest BCUT2D eigenvalue weighted by Gasteiger charge is -2.10. The van der Waals surface area contributed by atoms with E-state index >= 15 is 0 Å². The normalized spacial score (nSPS) is 12.2. The Kier molecular flexibility index (Phi) is 2.77. The standard InChI is InChI=1S/C13H11F3N4/c1-2-9-7-20(12(18-9)13(14,15)16)10-3-4-11-8(5-10)6-17-19-11/h3-7H,2H2,1H3,(H,17,19). The van der Waals surface area contributed by atoms with E-state index in [0.29, 0.717) is 17.8 Å². The molecule has 1 N–H and O–H groups in total. The minimum Gasteiger partial charge on any atom is -0.296 e. The van der Waals surface area contributed by atoms with Gasteiger partial charge in [0.1, 0.15) is 0 Å². The van der Waals surface area contributed by atoms with Gasteiger partial charge in [0.2, 0.25) is 5.82 Å². The lowest BCUT2D eigenvalue weighted by Crippen LogP contribution is -2.13. The van der Waals surface area contributed by atoms with E-state index in [0.717, 1.165) is 15.5 Å². The molecule has 0 amide bonds. The van der Waals surface area contributed by atoms with Gasteiger partial charge in [-0.1, -0.05) is 6.92 Å². The maximum Gasteiger partial charge on any atom is 0.450 e. The van der Waals surface area contributed by atoms with Gasteiger partial charge in [-0.05, 0) is 24.6 Å². The van der Waals surface area contributed by atoms with Gasteiger partial charge in [0.15, 0.2) is 0 Å². The van der Waals surface area contributed by atoms with E-state index in [1.807, 2.05) is 0 Å². The molecule has 0 radical (unpaired) electrons. The fraction of sp³-hybridized carbons (Fsp3) is 0.231. The molecule has 0 saturated carbocycles.